The molecule has 0 saturated carbocycles. The number of carbonyl (C=O) groups is 1. The van der Waals surface area contributed by atoms with E-state index in [0.29, 0.717) is 10.6 Å². The van der Waals surface area contributed by atoms with Gasteiger partial charge in [-0.2, -0.15) is 10.4 Å². The minimum Gasteiger partial charge on any atom is -0.291 e. The van der Waals surface area contributed by atoms with Gasteiger partial charge >= 0.3 is 0 Å². The predicted molar refractivity (Wildman–Crippen MR) is 101 cm³/mol. The van der Waals surface area contributed by atoms with E-state index in [1.165, 1.54) is 11.3 Å². The van der Waals surface area contributed by atoms with Crippen molar-refractivity contribution < 1.29 is 4.79 Å². The van der Waals surface area contributed by atoms with Crippen LogP contribution in [-0.2, 0) is 0 Å². The third-order valence-electron chi connectivity index (χ3n) is 4.16. The van der Waals surface area contributed by atoms with Crippen LogP contribution in [0.5, 0.6) is 0 Å². The third kappa shape index (κ3) is 2.68. The van der Waals surface area contributed by atoms with Gasteiger partial charge in [0.2, 0.25) is 0 Å². The maximum absolute atomic E-state index is 12.9. The van der Waals surface area contributed by atoms with Crippen LogP contribution in [0.2, 0.25) is 0 Å². The fourth-order valence-corrected chi connectivity index (χ4v) is 4.01. The number of aromatic nitrogens is 3. The molecule has 0 aliphatic rings. The highest BCUT2D eigenvalue weighted by Gasteiger charge is 2.26. The Labute approximate surface area is 154 Å². The number of aryl methyl sites for hydroxylation is 1. The summed E-state index contributed by atoms with van der Waals surface area (Å²) in [5.74, 6) is -1.14. The van der Waals surface area contributed by atoms with Crippen molar-refractivity contribution in [2.75, 3.05) is 0 Å². The number of nitriles is 1. The fraction of sp³-hybridized carbons (Fsp3) is 0.100. The van der Waals surface area contributed by atoms with Gasteiger partial charge in [-0.25, -0.2) is 4.68 Å². The van der Waals surface area contributed by atoms with Gasteiger partial charge in [-0.05, 0) is 37.3 Å². The van der Waals surface area contributed by atoms with E-state index in [0.717, 1.165) is 21.6 Å². The molecule has 0 aliphatic heterocycles. The number of carbonyl (C=O) groups excluding carboxylic acids is 1. The van der Waals surface area contributed by atoms with E-state index in [2.05, 4.69) is 16.2 Å². The zero-order valence-electron chi connectivity index (χ0n) is 14.0. The minimum atomic E-state index is -0.905. The van der Waals surface area contributed by atoms with Crippen LogP contribution in [0.4, 0.5) is 0 Å². The Hall–Kier alpha value is -3.30. The Kier molecular flexibility index (Phi) is 4.07. The number of benzene rings is 1. The van der Waals surface area contributed by atoms with Crippen molar-refractivity contribution in [3.63, 3.8) is 0 Å². The summed E-state index contributed by atoms with van der Waals surface area (Å²) in [5, 5.41) is 15.0. The highest BCUT2D eigenvalue weighted by molar-refractivity contribution is 7.20. The van der Waals surface area contributed by atoms with Crippen molar-refractivity contribution in [2.45, 2.75) is 12.8 Å². The second-order valence-electron chi connectivity index (χ2n) is 5.84. The van der Waals surface area contributed by atoms with Crippen LogP contribution < -0.4 is 0 Å². The molecular weight excluding hydrogens is 344 g/mol. The lowest BCUT2D eigenvalue weighted by molar-refractivity contribution is 0.0981. The zero-order chi connectivity index (χ0) is 18.1. The van der Waals surface area contributed by atoms with Gasteiger partial charge < -0.3 is 0 Å². The molecule has 6 heteroatoms. The van der Waals surface area contributed by atoms with Gasteiger partial charge in [0, 0.05) is 11.6 Å². The Morgan fingerprint density at radius 1 is 1.19 bits per heavy atom. The molecule has 126 valence electrons. The van der Waals surface area contributed by atoms with Gasteiger partial charge in [0.25, 0.3) is 0 Å². The number of Topliss-reactive ketones (excluding diaryl/α,β-unsaturated/α-hetero) is 1. The number of nitrogens with zero attached hydrogens (tertiary/aromatic N) is 4. The summed E-state index contributed by atoms with van der Waals surface area (Å²) < 4.78 is 1.84. The molecule has 0 saturated heterocycles. The smallest absolute Gasteiger partial charge is 0.196 e. The van der Waals surface area contributed by atoms with Crippen molar-refractivity contribution in [1.29, 1.82) is 5.26 Å². The first-order valence-corrected chi connectivity index (χ1v) is 8.90. The first-order chi connectivity index (χ1) is 12.7. The van der Waals surface area contributed by atoms with Gasteiger partial charge in [0.1, 0.15) is 4.83 Å². The Bertz CT molecular complexity index is 1120. The van der Waals surface area contributed by atoms with Crippen molar-refractivity contribution in [1.82, 2.24) is 14.8 Å². The molecule has 1 unspecified atom stereocenters. The molecular formula is C20H14N4OS. The average Bonchev–Trinajstić information content (AvgIpc) is 3.25. The lowest BCUT2D eigenvalue weighted by Crippen LogP contribution is -2.11. The van der Waals surface area contributed by atoms with Gasteiger partial charge in [-0.15, -0.1) is 11.3 Å². The number of ketones is 1. The van der Waals surface area contributed by atoms with Crippen molar-refractivity contribution in [3.8, 4) is 11.8 Å². The summed E-state index contributed by atoms with van der Waals surface area (Å²) in [6.45, 7) is 1.92. The minimum absolute atomic E-state index is 0.230. The zero-order valence-corrected chi connectivity index (χ0v) is 14.8. The standard InChI is InChI=1S/C20H14N4OS/c1-13-15-11-18(19(25)16(12-21)17-9-5-6-10-22-17)26-20(15)24(23-13)14-7-3-2-4-8-14/h2-11,16H,1H3. The number of fused-ring (bicyclic) bond motifs is 1. The quantitative estimate of drug-likeness (QED) is 0.511. The first-order valence-electron chi connectivity index (χ1n) is 8.08. The number of para-hydroxylation sites is 1. The van der Waals surface area contributed by atoms with Crippen LogP contribution in [-0.4, -0.2) is 20.5 Å². The summed E-state index contributed by atoms with van der Waals surface area (Å²) >= 11 is 1.36. The summed E-state index contributed by atoms with van der Waals surface area (Å²) in [6, 6.07) is 19.0. The van der Waals surface area contributed by atoms with Crippen molar-refractivity contribution in [2.24, 2.45) is 0 Å². The van der Waals surface area contributed by atoms with Crippen molar-refractivity contribution in [3.05, 3.63) is 77.1 Å². The summed E-state index contributed by atoms with van der Waals surface area (Å²) in [7, 11) is 0. The number of thiophene rings is 1. The van der Waals surface area contributed by atoms with E-state index in [-0.39, 0.29) is 5.78 Å². The molecule has 0 bridgehead atoms. The van der Waals surface area contributed by atoms with E-state index in [1.807, 2.05) is 48.0 Å². The van der Waals surface area contributed by atoms with Crippen LogP contribution >= 0.6 is 11.3 Å². The molecule has 0 amide bonds. The molecule has 3 aromatic heterocycles. The molecule has 0 N–H and O–H groups in total. The topological polar surface area (TPSA) is 71.6 Å². The van der Waals surface area contributed by atoms with Crippen LogP contribution in [0.3, 0.4) is 0 Å². The van der Waals surface area contributed by atoms with Crippen LogP contribution in [0.1, 0.15) is 27.0 Å². The van der Waals surface area contributed by atoms with Gasteiger partial charge in [0.15, 0.2) is 11.7 Å². The SMILES string of the molecule is Cc1nn(-c2ccccc2)c2sc(C(=O)C(C#N)c3ccccn3)cc12. The fourth-order valence-electron chi connectivity index (χ4n) is 2.86. The molecule has 3 heterocycles. The normalized spacial score (nSPS) is 12.0. The highest BCUT2D eigenvalue weighted by Crippen LogP contribution is 2.33. The summed E-state index contributed by atoms with van der Waals surface area (Å²) in [6.07, 6.45) is 1.59. The Morgan fingerprint density at radius 2 is 1.96 bits per heavy atom. The van der Waals surface area contributed by atoms with E-state index < -0.39 is 5.92 Å². The van der Waals surface area contributed by atoms with E-state index in [4.69, 9.17) is 0 Å². The lowest BCUT2D eigenvalue weighted by atomic mass is 10.00. The van der Waals surface area contributed by atoms with E-state index >= 15 is 0 Å². The lowest BCUT2D eigenvalue weighted by Gasteiger charge is -2.05. The Morgan fingerprint density at radius 3 is 2.65 bits per heavy atom. The maximum Gasteiger partial charge on any atom is 0.196 e. The van der Waals surface area contributed by atoms with Crippen molar-refractivity contribution >= 4 is 27.3 Å². The number of hydrogen-bond donors (Lipinski definition) is 0. The monoisotopic (exact) mass is 358 g/mol. The molecule has 1 aromatic carbocycles. The number of rotatable bonds is 4. The van der Waals surface area contributed by atoms with Crippen LogP contribution in [0, 0.1) is 18.3 Å². The summed E-state index contributed by atoms with van der Waals surface area (Å²) in [4.78, 5) is 18.5. The molecule has 26 heavy (non-hydrogen) atoms. The second kappa shape index (κ2) is 6.54. The molecule has 4 aromatic rings. The average molecular weight is 358 g/mol. The number of pyridine rings is 1. The molecule has 4 rings (SSSR count). The predicted octanol–water partition coefficient (Wildman–Crippen LogP) is 4.28. The van der Waals surface area contributed by atoms with Gasteiger partial charge in [-0.1, -0.05) is 24.3 Å². The van der Waals surface area contributed by atoms with Crippen LogP contribution in [0.25, 0.3) is 15.9 Å². The Balaban J connectivity index is 1.79. The molecule has 1 atom stereocenters. The molecule has 0 radical (unpaired) electrons. The van der Waals surface area contributed by atoms with Gasteiger partial charge in [0.05, 0.1) is 28.0 Å². The molecule has 0 fully saturated rings. The summed E-state index contributed by atoms with van der Waals surface area (Å²) in [5.41, 5.74) is 2.26. The largest absolute Gasteiger partial charge is 0.291 e. The van der Waals surface area contributed by atoms with Crippen LogP contribution in [0.15, 0.2) is 60.8 Å². The van der Waals surface area contributed by atoms with E-state index in [9.17, 15) is 10.1 Å². The highest BCUT2D eigenvalue weighted by atomic mass is 32.1. The first kappa shape index (κ1) is 16.2. The second-order valence-corrected chi connectivity index (χ2v) is 6.87. The third-order valence-corrected chi connectivity index (χ3v) is 5.29. The van der Waals surface area contributed by atoms with E-state index in [1.54, 1.807) is 24.4 Å². The maximum atomic E-state index is 12.9. The molecule has 0 spiro atoms. The van der Waals surface area contributed by atoms with Gasteiger partial charge in [-0.3, -0.25) is 9.78 Å². The molecule has 5 nitrogen and oxygen atoms in total. The number of hydrogen-bond acceptors (Lipinski definition) is 5. The molecule has 0 aliphatic carbocycles.